The Kier molecular flexibility index (Phi) is 9.23. The maximum atomic E-state index is 14.9. The zero-order chi connectivity index (χ0) is 47.0. The number of carbonyl (C=O) groups excluding carboxylic acids is 3. The molecule has 0 saturated heterocycles. The molecule has 0 radical (unpaired) electrons. The van der Waals surface area contributed by atoms with Gasteiger partial charge in [0.2, 0.25) is 17.2 Å². The van der Waals surface area contributed by atoms with Crippen molar-refractivity contribution in [3.63, 3.8) is 0 Å². The SMILES string of the molecule is O=C1O[C@@H](CO)[C@@H](O)C2OC(=O)c3c(c(O)c(O)c(O)c3-c3c(O)c(O)c(O)c4c3C(=O)O[C@H]2[C@H]4c2c(O)cc(O)c3c2O[C@H](c2ccc(O)c(O)c2)[C@@H](O)C3)-c2c1cc(O)c(O)c2O. The van der Waals surface area contributed by atoms with Crippen molar-refractivity contribution < 1.29 is 115 Å². The average molecular weight is 905 g/mol. The molecule has 0 aromatic heterocycles. The van der Waals surface area contributed by atoms with E-state index in [1.165, 1.54) is 6.07 Å². The fourth-order valence-electron chi connectivity index (χ4n) is 8.92. The quantitative estimate of drug-likeness (QED) is 0.0690. The van der Waals surface area contributed by atoms with Crippen LogP contribution in [0.5, 0.6) is 80.5 Å². The number of ether oxygens (including phenoxy) is 4. The molecule has 4 aliphatic heterocycles. The van der Waals surface area contributed by atoms with Crippen LogP contribution >= 0.6 is 0 Å². The molecule has 65 heavy (non-hydrogen) atoms. The second kappa shape index (κ2) is 14.3. The van der Waals surface area contributed by atoms with Gasteiger partial charge in [0.1, 0.15) is 29.5 Å². The summed E-state index contributed by atoms with van der Waals surface area (Å²) in [6.45, 7) is -1.38. The second-order valence-electron chi connectivity index (χ2n) is 15.4. The number of aliphatic hydroxyl groups excluding tert-OH is 3. The number of fused-ring (bicyclic) bond motifs is 9. The lowest BCUT2D eigenvalue weighted by atomic mass is 9.73. The lowest BCUT2D eigenvalue weighted by molar-refractivity contribution is -0.130. The molecule has 5 aromatic rings. The molecule has 1 unspecified atom stereocenters. The average Bonchev–Trinajstić information content (AvgIpc) is 3.27. The number of esters is 3. The molecule has 5 aromatic carbocycles. The van der Waals surface area contributed by atoms with Gasteiger partial charge in [0, 0.05) is 51.4 Å². The summed E-state index contributed by atoms with van der Waals surface area (Å²) in [7, 11) is 0. The van der Waals surface area contributed by atoms with Crippen LogP contribution in [0.1, 0.15) is 65.3 Å². The molecule has 23 heteroatoms. The van der Waals surface area contributed by atoms with Crippen molar-refractivity contribution >= 4 is 17.9 Å². The van der Waals surface area contributed by atoms with Crippen LogP contribution < -0.4 is 4.74 Å². The number of carbonyl (C=O) groups is 3. The molecule has 338 valence electrons. The highest BCUT2D eigenvalue weighted by Gasteiger charge is 2.55. The number of benzene rings is 5. The number of hydrogen-bond donors (Lipinski definition) is 16. The summed E-state index contributed by atoms with van der Waals surface area (Å²) >= 11 is 0. The van der Waals surface area contributed by atoms with E-state index >= 15 is 0 Å². The Morgan fingerprint density at radius 2 is 1.08 bits per heavy atom. The number of aliphatic hydroxyl groups is 3. The van der Waals surface area contributed by atoms with E-state index in [-0.39, 0.29) is 11.1 Å². The topological polar surface area (TPSA) is 412 Å². The molecule has 4 aliphatic rings. The Balaban J connectivity index is 1.46. The number of phenols is 13. The van der Waals surface area contributed by atoms with E-state index in [4.69, 9.17) is 18.9 Å². The Morgan fingerprint density at radius 1 is 0.492 bits per heavy atom. The van der Waals surface area contributed by atoms with Crippen LogP contribution in [0.25, 0.3) is 22.3 Å². The monoisotopic (exact) mass is 904 g/mol. The van der Waals surface area contributed by atoms with Gasteiger partial charge in [0.25, 0.3) is 0 Å². The first-order valence-electron chi connectivity index (χ1n) is 19.0. The highest BCUT2D eigenvalue weighted by Crippen LogP contribution is 2.64. The fourth-order valence-corrected chi connectivity index (χ4v) is 8.92. The Morgan fingerprint density at radius 3 is 1.72 bits per heavy atom. The minimum absolute atomic E-state index is 0.0127. The molecule has 16 N–H and O–H groups in total. The lowest BCUT2D eigenvalue weighted by Crippen LogP contribution is -2.54. The number of aromatic hydroxyl groups is 13. The third-order valence-corrected chi connectivity index (χ3v) is 11.9. The van der Waals surface area contributed by atoms with Gasteiger partial charge in [-0.25, -0.2) is 14.4 Å². The molecule has 0 saturated carbocycles. The van der Waals surface area contributed by atoms with Gasteiger partial charge in [-0.3, -0.25) is 0 Å². The third-order valence-electron chi connectivity index (χ3n) is 11.9. The smallest absolute Gasteiger partial charge is 0.340 e. The maximum absolute atomic E-state index is 14.9. The van der Waals surface area contributed by atoms with Crippen LogP contribution in [0, 0.1) is 0 Å². The van der Waals surface area contributed by atoms with Crippen LogP contribution in [-0.4, -0.2) is 137 Å². The first-order valence-corrected chi connectivity index (χ1v) is 19.0. The molecule has 4 bridgehead atoms. The van der Waals surface area contributed by atoms with Gasteiger partial charge < -0.3 is 101 Å². The van der Waals surface area contributed by atoms with Crippen molar-refractivity contribution in [2.45, 2.75) is 49.0 Å². The zero-order valence-electron chi connectivity index (χ0n) is 32.4. The zero-order valence-corrected chi connectivity index (χ0v) is 32.4. The van der Waals surface area contributed by atoms with Crippen LogP contribution in [0.3, 0.4) is 0 Å². The van der Waals surface area contributed by atoms with Crippen LogP contribution in [-0.2, 0) is 20.6 Å². The Bertz CT molecular complexity index is 2980. The normalized spacial score (nSPS) is 23.0. The van der Waals surface area contributed by atoms with Gasteiger partial charge in [-0.05, 0) is 23.8 Å². The predicted octanol–water partition coefficient (Wildman–Crippen LogP) is 1.33. The summed E-state index contributed by atoms with van der Waals surface area (Å²) in [6, 6.07) is 4.40. The van der Waals surface area contributed by atoms with Crippen molar-refractivity contribution in [3.05, 3.63) is 69.3 Å². The van der Waals surface area contributed by atoms with Crippen molar-refractivity contribution in [1.29, 1.82) is 0 Å². The number of cyclic esters (lactones) is 1. The molecule has 23 nitrogen and oxygen atoms in total. The van der Waals surface area contributed by atoms with Crippen LogP contribution in [0.15, 0.2) is 30.3 Å². The molecule has 0 aliphatic carbocycles. The van der Waals surface area contributed by atoms with Gasteiger partial charge in [-0.2, -0.15) is 0 Å². The molecule has 4 heterocycles. The van der Waals surface area contributed by atoms with Crippen LogP contribution in [0.2, 0.25) is 0 Å². The lowest BCUT2D eigenvalue weighted by Gasteiger charge is -2.43. The Hall–Kier alpha value is -8.41. The molecule has 0 amide bonds. The van der Waals surface area contributed by atoms with Crippen LogP contribution in [0.4, 0.5) is 0 Å². The third kappa shape index (κ3) is 5.75. The number of phenolic OH excluding ortho intramolecular Hbond substituents is 13. The summed E-state index contributed by atoms with van der Waals surface area (Å²) in [5.41, 5.74) is -10.4. The van der Waals surface area contributed by atoms with Crippen molar-refractivity contribution in [1.82, 2.24) is 0 Å². The van der Waals surface area contributed by atoms with E-state index < -0.39 is 204 Å². The molecule has 0 fully saturated rings. The summed E-state index contributed by atoms with van der Waals surface area (Å²) in [6.07, 6.45) is -13.5. The summed E-state index contributed by atoms with van der Waals surface area (Å²) in [5.74, 6) is -24.6. The predicted molar refractivity (Wildman–Crippen MR) is 207 cm³/mol. The van der Waals surface area contributed by atoms with Gasteiger partial charge in [0.15, 0.2) is 64.3 Å². The molecule has 0 spiro atoms. The van der Waals surface area contributed by atoms with E-state index in [0.717, 1.165) is 12.1 Å². The minimum Gasteiger partial charge on any atom is -0.507 e. The molecule has 9 rings (SSSR count). The van der Waals surface area contributed by atoms with Crippen molar-refractivity contribution in [2.24, 2.45) is 0 Å². The van der Waals surface area contributed by atoms with Crippen molar-refractivity contribution in [2.75, 3.05) is 6.61 Å². The van der Waals surface area contributed by atoms with E-state index in [1.54, 1.807) is 0 Å². The second-order valence-corrected chi connectivity index (χ2v) is 15.4. The largest absolute Gasteiger partial charge is 0.507 e. The number of rotatable bonds is 3. The van der Waals surface area contributed by atoms with Gasteiger partial charge in [-0.1, -0.05) is 6.07 Å². The van der Waals surface area contributed by atoms with Gasteiger partial charge in [0.05, 0.1) is 35.3 Å². The van der Waals surface area contributed by atoms with E-state index in [9.17, 15) is 96.1 Å². The highest BCUT2D eigenvalue weighted by molar-refractivity contribution is 6.16. The fraction of sp³-hybridized carbons (Fsp3) is 0.214. The molecular weight excluding hydrogens is 872 g/mol. The number of hydrogen-bond acceptors (Lipinski definition) is 23. The maximum Gasteiger partial charge on any atom is 0.340 e. The first-order chi connectivity index (χ1) is 30.7. The Labute approximate surface area is 360 Å². The van der Waals surface area contributed by atoms with Gasteiger partial charge >= 0.3 is 17.9 Å². The summed E-state index contributed by atoms with van der Waals surface area (Å²) < 4.78 is 23.1. The standard InChI is InChI=1S/C42H32O23/c43-7-17-28(51)39-38-24(19-14(47)6-12(45)9-4-16(49)36(63-37(9)19)8-1-2-11(44)13(46)3-8)23-26(41(60)64-38)22(32(55)35(58)33(23)56)21-25(42(61)65-39)20(30(53)34(57)31(21)54)18-10(40(59)62-17)5-15(48)27(50)29(18)52/h1-3,5-6,16-17,24,28,36,38-39,43-58H,4,7H2/t16-,17-,24-,28+,36+,38-,39?/m0/s1. The van der Waals surface area contributed by atoms with E-state index in [0.29, 0.717) is 12.1 Å². The van der Waals surface area contributed by atoms with Gasteiger partial charge in [-0.15, -0.1) is 0 Å². The summed E-state index contributed by atoms with van der Waals surface area (Å²) in [5, 5.41) is 179. The summed E-state index contributed by atoms with van der Waals surface area (Å²) in [4.78, 5) is 43.5. The first kappa shape index (κ1) is 41.9. The highest BCUT2D eigenvalue weighted by atomic mass is 16.6. The minimum atomic E-state index is -2.61. The molecule has 7 atom stereocenters. The molecular formula is C42H32O23. The van der Waals surface area contributed by atoms with Crippen molar-refractivity contribution in [3.8, 4) is 103 Å². The van der Waals surface area contributed by atoms with E-state index in [2.05, 4.69) is 0 Å². The van der Waals surface area contributed by atoms with E-state index in [1.807, 2.05) is 0 Å².